The zero-order chi connectivity index (χ0) is 15.9. The third kappa shape index (κ3) is 4.63. The monoisotopic (exact) mass is 297 g/mol. The van der Waals surface area contributed by atoms with Gasteiger partial charge in [-0.25, -0.2) is 5.43 Å². The lowest BCUT2D eigenvalue weighted by molar-refractivity contribution is -0.119. The first-order valence-electron chi connectivity index (χ1n) is 6.96. The van der Waals surface area contributed by atoms with E-state index in [0.717, 1.165) is 16.8 Å². The zero-order valence-corrected chi connectivity index (χ0v) is 12.6. The number of aromatic hydroxyl groups is 1. The second kappa shape index (κ2) is 7.26. The smallest absolute Gasteiger partial charge is 0.259 e. The first kappa shape index (κ1) is 15.6. The number of anilines is 1. The van der Waals surface area contributed by atoms with E-state index in [1.807, 2.05) is 26.0 Å². The highest BCUT2D eigenvalue weighted by molar-refractivity contribution is 5.84. The molecule has 0 saturated heterocycles. The van der Waals surface area contributed by atoms with Crippen LogP contribution in [-0.2, 0) is 4.79 Å². The molecule has 2 rings (SSSR count). The number of carbonyl (C=O) groups excluding carboxylic acids is 1. The predicted molar refractivity (Wildman–Crippen MR) is 88.2 cm³/mol. The number of hydrogen-bond donors (Lipinski definition) is 3. The molecule has 22 heavy (non-hydrogen) atoms. The Bertz CT molecular complexity index is 679. The summed E-state index contributed by atoms with van der Waals surface area (Å²) in [5.74, 6) is -0.0335. The average molecular weight is 297 g/mol. The lowest BCUT2D eigenvalue weighted by Crippen LogP contribution is -2.26. The molecule has 0 saturated carbocycles. The van der Waals surface area contributed by atoms with Crippen LogP contribution < -0.4 is 10.7 Å². The van der Waals surface area contributed by atoms with Crippen molar-refractivity contribution in [3.63, 3.8) is 0 Å². The minimum absolute atomic E-state index is 0.150. The highest BCUT2D eigenvalue weighted by atomic mass is 16.3. The van der Waals surface area contributed by atoms with Crippen molar-refractivity contribution >= 4 is 17.8 Å². The van der Waals surface area contributed by atoms with Gasteiger partial charge in [0.2, 0.25) is 0 Å². The SMILES string of the molecule is Cc1ccc(NCC(=O)NN=Cc2ccc(O)cc2)c(C)c1. The number of aryl methyl sites for hydroxylation is 2. The maximum atomic E-state index is 11.7. The number of benzene rings is 2. The summed E-state index contributed by atoms with van der Waals surface area (Å²) in [7, 11) is 0. The summed E-state index contributed by atoms with van der Waals surface area (Å²) in [5, 5.41) is 16.1. The highest BCUT2D eigenvalue weighted by Gasteiger charge is 2.02. The molecular formula is C17H19N3O2. The number of nitrogens with zero attached hydrogens (tertiary/aromatic N) is 1. The summed E-state index contributed by atoms with van der Waals surface area (Å²) in [4.78, 5) is 11.7. The molecule has 0 atom stereocenters. The summed E-state index contributed by atoms with van der Waals surface area (Å²) in [6.45, 7) is 4.18. The number of nitrogens with one attached hydrogen (secondary N) is 2. The molecule has 0 bridgehead atoms. The average Bonchev–Trinajstić information content (AvgIpc) is 2.48. The van der Waals surface area contributed by atoms with Gasteiger partial charge in [-0.2, -0.15) is 5.10 Å². The molecule has 2 aromatic carbocycles. The molecule has 2 aromatic rings. The molecule has 0 radical (unpaired) electrons. The van der Waals surface area contributed by atoms with Crippen LogP contribution >= 0.6 is 0 Å². The molecule has 0 fully saturated rings. The van der Waals surface area contributed by atoms with Crippen molar-refractivity contribution in [3.8, 4) is 5.75 Å². The number of hydrogen-bond acceptors (Lipinski definition) is 4. The van der Waals surface area contributed by atoms with Crippen molar-refractivity contribution < 1.29 is 9.90 Å². The maximum absolute atomic E-state index is 11.7. The van der Waals surface area contributed by atoms with Gasteiger partial charge in [0.05, 0.1) is 12.8 Å². The largest absolute Gasteiger partial charge is 0.508 e. The van der Waals surface area contributed by atoms with E-state index < -0.39 is 0 Å². The van der Waals surface area contributed by atoms with Crippen LogP contribution in [-0.4, -0.2) is 23.8 Å². The summed E-state index contributed by atoms with van der Waals surface area (Å²) < 4.78 is 0. The molecule has 0 heterocycles. The van der Waals surface area contributed by atoms with Crippen molar-refractivity contribution in [2.75, 3.05) is 11.9 Å². The lowest BCUT2D eigenvalue weighted by atomic mass is 10.1. The Morgan fingerprint density at radius 1 is 1.18 bits per heavy atom. The Balaban J connectivity index is 1.81. The van der Waals surface area contributed by atoms with Crippen LogP contribution in [0.25, 0.3) is 0 Å². The molecule has 0 spiro atoms. The number of amides is 1. The summed E-state index contributed by atoms with van der Waals surface area (Å²) in [6, 6.07) is 12.5. The van der Waals surface area contributed by atoms with E-state index in [4.69, 9.17) is 5.11 Å². The third-order valence-corrected chi connectivity index (χ3v) is 3.12. The van der Waals surface area contributed by atoms with Crippen molar-refractivity contribution in [1.29, 1.82) is 0 Å². The molecule has 114 valence electrons. The van der Waals surface area contributed by atoms with Crippen LogP contribution in [0.1, 0.15) is 16.7 Å². The first-order valence-corrected chi connectivity index (χ1v) is 6.96. The quantitative estimate of drug-likeness (QED) is 0.586. The van der Waals surface area contributed by atoms with E-state index in [9.17, 15) is 4.79 Å². The zero-order valence-electron chi connectivity index (χ0n) is 12.6. The van der Waals surface area contributed by atoms with Gasteiger partial charge in [-0.05, 0) is 55.3 Å². The van der Waals surface area contributed by atoms with E-state index in [1.54, 1.807) is 24.3 Å². The van der Waals surface area contributed by atoms with E-state index in [0.29, 0.717) is 0 Å². The van der Waals surface area contributed by atoms with Crippen molar-refractivity contribution in [2.45, 2.75) is 13.8 Å². The predicted octanol–water partition coefficient (Wildman–Crippen LogP) is 2.57. The molecule has 5 heteroatoms. The van der Waals surface area contributed by atoms with E-state index >= 15 is 0 Å². The Labute approximate surface area is 129 Å². The third-order valence-electron chi connectivity index (χ3n) is 3.12. The molecule has 0 aromatic heterocycles. The molecular weight excluding hydrogens is 278 g/mol. The second-order valence-electron chi connectivity index (χ2n) is 5.06. The van der Waals surface area contributed by atoms with Crippen molar-refractivity contribution in [3.05, 3.63) is 59.2 Å². The van der Waals surface area contributed by atoms with Crippen LogP contribution in [0.4, 0.5) is 5.69 Å². The number of rotatable bonds is 5. The van der Waals surface area contributed by atoms with Gasteiger partial charge in [-0.3, -0.25) is 4.79 Å². The Morgan fingerprint density at radius 2 is 1.91 bits per heavy atom. The molecule has 0 unspecified atom stereocenters. The van der Waals surface area contributed by atoms with E-state index in [-0.39, 0.29) is 18.2 Å². The maximum Gasteiger partial charge on any atom is 0.259 e. The van der Waals surface area contributed by atoms with E-state index in [2.05, 4.69) is 21.9 Å². The van der Waals surface area contributed by atoms with Gasteiger partial charge >= 0.3 is 0 Å². The second-order valence-corrected chi connectivity index (χ2v) is 5.06. The fraction of sp³-hybridized carbons (Fsp3) is 0.176. The number of hydrazone groups is 1. The summed E-state index contributed by atoms with van der Waals surface area (Å²) in [5.41, 5.74) is 6.46. The minimum atomic E-state index is -0.227. The molecule has 0 aliphatic carbocycles. The highest BCUT2D eigenvalue weighted by Crippen LogP contribution is 2.15. The van der Waals surface area contributed by atoms with Crippen LogP contribution in [0.2, 0.25) is 0 Å². The minimum Gasteiger partial charge on any atom is -0.508 e. The number of phenolic OH excluding ortho intramolecular Hbond substituents is 1. The summed E-state index contributed by atoms with van der Waals surface area (Å²) >= 11 is 0. The lowest BCUT2D eigenvalue weighted by Gasteiger charge is -2.09. The summed E-state index contributed by atoms with van der Waals surface area (Å²) in [6.07, 6.45) is 1.52. The van der Waals surface area contributed by atoms with Gasteiger partial charge in [0, 0.05) is 5.69 Å². The Morgan fingerprint density at radius 3 is 2.59 bits per heavy atom. The standard InChI is InChI=1S/C17H19N3O2/c1-12-3-8-16(13(2)9-12)18-11-17(22)20-19-10-14-4-6-15(21)7-5-14/h3-10,18,21H,11H2,1-2H3,(H,20,22). The van der Waals surface area contributed by atoms with Gasteiger partial charge in [0.1, 0.15) is 5.75 Å². The normalized spacial score (nSPS) is 10.6. The molecule has 0 aliphatic heterocycles. The van der Waals surface area contributed by atoms with Crippen LogP contribution in [0, 0.1) is 13.8 Å². The van der Waals surface area contributed by atoms with Crippen molar-refractivity contribution in [2.24, 2.45) is 5.10 Å². The van der Waals surface area contributed by atoms with Gasteiger partial charge in [-0.15, -0.1) is 0 Å². The molecule has 5 nitrogen and oxygen atoms in total. The number of phenols is 1. The van der Waals surface area contributed by atoms with Crippen LogP contribution in [0.3, 0.4) is 0 Å². The van der Waals surface area contributed by atoms with Crippen LogP contribution in [0.5, 0.6) is 5.75 Å². The van der Waals surface area contributed by atoms with E-state index in [1.165, 1.54) is 11.8 Å². The van der Waals surface area contributed by atoms with Crippen molar-refractivity contribution in [1.82, 2.24) is 5.43 Å². The van der Waals surface area contributed by atoms with Gasteiger partial charge in [0.25, 0.3) is 5.91 Å². The first-order chi connectivity index (χ1) is 10.5. The molecule has 1 amide bonds. The van der Waals surface area contributed by atoms with Gasteiger partial charge < -0.3 is 10.4 Å². The van der Waals surface area contributed by atoms with Crippen LogP contribution in [0.15, 0.2) is 47.6 Å². The van der Waals surface area contributed by atoms with Gasteiger partial charge in [0.15, 0.2) is 0 Å². The van der Waals surface area contributed by atoms with Gasteiger partial charge in [-0.1, -0.05) is 17.7 Å². The topological polar surface area (TPSA) is 73.7 Å². The fourth-order valence-electron chi connectivity index (χ4n) is 1.97. The Hall–Kier alpha value is -2.82. The molecule has 0 aliphatic rings. The Kier molecular flexibility index (Phi) is 5.14. The number of carbonyl (C=O) groups is 1. The fourth-order valence-corrected chi connectivity index (χ4v) is 1.97. The molecule has 3 N–H and O–H groups in total.